The Morgan fingerprint density at radius 2 is 2.16 bits per heavy atom. The average Bonchev–Trinajstić information content (AvgIpc) is 2.86. The van der Waals surface area contributed by atoms with Crippen LogP contribution in [0.2, 0.25) is 0 Å². The van der Waals surface area contributed by atoms with Gasteiger partial charge in [-0.1, -0.05) is 0 Å². The molecule has 2 fully saturated rings. The van der Waals surface area contributed by atoms with Crippen molar-refractivity contribution in [1.29, 1.82) is 0 Å². The Hall–Kier alpha value is -0.910. The SMILES string of the molecule is COC1CC(N2C(=O)C(C)NC2c2ccc(C)s2)C1. The zero-order chi connectivity index (χ0) is 13.6. The van der Waals surface area contributed by atoms with Gasteiger partial charge in [0.15, 0.2) is 0 Å². The summed E-state index contributed by atoms with van der Waals surface area (Å²) in [7, 11) is 1.74. The van der Waals surface area contributed by atoms with Crippen molar-refractivity contribution in [2.24, 2.45) is 0 Å². The van der Waals surface area contributed by atoms with Crippen LogP contribution >= 0.6 is 11.3 Å². The minimum absolute atomic E-state index is 0.0454. The Balaban J connectivity index is 1.80. The van der Waals surface area contributed by atoms with E-state index >= 15 is 0 Å². The molecule has 2 heterocycles. The van der Waals surface area contributed by atoms with Crippen LogP contribution in [0.15, 0.2) is 12.1 Å². The molecule has 0 spiro atoms. The van der Waals surface area contributed by atoms with E-state index in [1.165, 1.54) is 9.75 Å². The van der Waals surface area contributed by atoms with Crippen LogP contribution in [-0.4, -0.2) is 36.1 Å². The number of methoxy groups -OCH3 is 1. The molecule has 0 bridgehead atoms. The molecule has 0 radical (unpaired) electrons. The van der Waals surface area contributed by atoms with Gasteiger partial charge in [-0.15, -0.1) is 11.3 Å². The number of aryl methyl sites for hydroxylation is 1. The number of hydrogen-bond donors (Lipinski definition) is 1. The summed E-state index contributed by atoms with van der Waals surface area (Å²) in [6, 6.07) is 4.48. The number of carbonyl (C=O) groups excluding carboxylic acids is 1. The van der Waals surface area contributed by atoms with Crippen LogP contribution in [0.3, 0.4) is 0 Å². The minimum Gasteiger partial charge on any atom is -0.381 e. The molecule has 1 aromatic heterocycles. The van der Waals surface area contributed by atoms with Gasteiger partial charge in [0.05, 0.1) is 12.1 Å². The molecule has 2 atom stereocenters. The fourth-order valence-corrected chi connectivity index (χ4v) is 3.84. The molecule has 5 heteroatoms. The number of amides is 1. The highest BCUT2D eigenvalue weighted by Crippen LogP contribution is 2.38. The second-order valence-corrected chi connectivity index (χ2v) is 6.79. The lowest BCUT2D eigenvalue weighted by Gasteiger charge is -2.42. The Morgan fingerprint density at radius 1 is 1.42 bits per heavy atom. The van der Waals surface area contributed by atoms with Crippen molar-refractivity contribution in [2.75, 3.05) is 7.11 Å². The van der Waals surface area contributed by atoms with Crippen LogP contribution in [0.25, 0.3) is 0 Å². The number of rotatable bonds is 3. The smallest absolute Gasteiger partial charge is 0.241 e. The first-order chi connectivity index (χ1) is 9.10. The average molecular weight is 280 g/mol. The maximum Gasteiger partial charge on any atom is 0.241 e. The first-order valence-corrected chi connectivity index (χ1v) is 7.59. The molecule has 1 aromatic rings. The molecule has 104 valence electrons. The third kappa shape index (κ3) is 2.20. The van der Waals surface area contributed by atoms with Crippen molar-refractivity contribution in [2.45, 2.75) is 51.0 Å². The molecule has 3 rings (SSSR count). The molecule has 1 aliphatic carbocycles. The summed E-state index contributed by atoms with van der Waals surface area (Å²) in [6.45, 7) is 4.05. The Morgan fingerprint density at radius 3 is 2.74 bits per heavy atom. The highest BCUT2D eigenvalue weighted by molar-refractivity contribution is 7.12. The van der Waals surface area contributed by atoms with Gasteiger partial charge in [0.2, 0.25) is 5.91 Å². The van der Waals surface area contributed by atoms with Crippen molar-refractivity contribution in [3.8, 4) is 0 Å². The van der Waals surface area contributed by atoms with Gasteiger partial charge in [0.25, 0.3) is 0 Å². The zero-order valence-electron chi connectivity index (χ0n) is 11.6. The molecule has 1 aliphatic heterocycles. The van der Waals surface area contributed by atoms with Crippen LogP contribution in [0.5, 0.6) is 0 Å². The third-order valence-corrected chi connectivity index (χ3v) is 5.19. The number of carbonyl (C=O) groups is 1. The normalized spacial score (nSPS) is 34.7. The summed E-state index contributed by atoms with van der Waals surface area (Å²) in [6.07, 6.45) is 2.28. The standard InChI is InChI=1S/C14H20N2O2S/c1-8-4-5-12(19-8)13-15-9(2)14(17)16(13)10-6-11(7-10)18-3/h4-5,9-11,13,15H,6-7H2,1-3H3. The Bertz CT molecular complexity index is 482. The monoisotopic (exact) mass is 280 g/mol. The number of nitrogens with zero attached hydrogens (tertiary/aromatic N) is 1. The highest BCUT2D eigenvalue weighted by Gasteiger charge is 2.46. The van der Waals surface area contributed by atoms with Crippen LogP contribution in [-0.2, 0) is 9.53 Å². The fourth-order valence-electron chi connectivity index (χ4n) is 2.91. The summed E-state index contributed by atoms with van der Waals surface area (Å²) in [5.41, 5.74) is 0. The Kier molecular flexibility index (Phi) is 3.37. The lowest BCUT2D eigenvalue weighted by Crippen LogP contribution is -2.50. The maximum absolute atomic E-state index is 12.4. The van der Waals surface area contributed by atoms with E-state index < -0.39 is 0 Å². The Labute approximate surface area is 117 Å². The highest BCUT2D eigenvalue weighted by atomic mass is 32.1. The molecule has 0 aromatic carbocycles. The number of hydrogen-bond acceptors (Lipinski definition) is 4. The van der Waals surface area contributed by atoms with Crippen LogP contribution < -0.4 is 5.32 Å². The second kappa shape index (κ2) is 4.89. The summed E-state index contributed by atoms with van der Waals surface area (Å²) < 4.78 is 5.33. The summed E-state index contributed by atoms with van der Waals surface area (Å²) in [4.78, 5) is 16.9. The number of nitrogens with one attached hydrogen (secondary N) is 1. The zero-order valence-corrected chi connectivity index (χ0v) is 12.4. The molecule has 4 nitrogen and oxygen atoms in total. The molecular formula is C14H20N2O2S. The first kappa shape index (κ1) is 13.1. The van der Waals surface area contributed by atoms with E-state index in [0.29, 0.717) is 12.1 Å². The van der Waals surface area contributed by atoms with E-state index in [9.17, 15) is 4.79 Å². The van der Waals surface area contributed by atoms with Gasteiger partial charge in [-0.3, -0.25) is 10.1 Å². The van der Waals surface area contributed by atoms with E-state index in [2.05, 4.69) is 24.4 Å². The third-order valence-electron chi connectivity index (χ3n) is 4.14. The van der Waals surface area contributed by atoms with Gasteiger partial charge in [-0.05, 0) is 38.8 Å². The molecule has 1 saturated carbocycles. The van der Waals surface area contributed by atoms with Gasteiger partial charge >= 0.3 is 0 Å². The number of ether oxygens (including phenoxy) is 1. The van der Waals surface area contributed by atoms with Crippen molar-refractivity contribution in [3.63, 3.8) is 0 Å². The molecule has 1 saturated heterocycles. The van der Waals surface area contributed by atoms with Crippen molar-refractivity contribution in [3.05, 3.63) is 21.9 Å². The lowest BCUT2D eigenvalue weighted by atomic mass is 9.87. The molecule has 2 unspecified atom stereocenters. The van der Waals surface area contributed by atoms with E-state index in [1.807, 2.05) is 11.8 Å². The van der Waals surface area contributed by atoms with Crippen molar-refractivity contribution in [1.82, 2.24) is 10.2 Å². The van der Waals surface area contributed by atoms with Gasteiger partial charge in [-0.25, -0.2) is 0 Å². The van der Waals surface area contributed by atoms with Crippen molar-refractivity contribution >= 4 is 17.2 Å². The largest absolute Gasteiger partial charge is 0.381 e. The molecule has 1 N–H and O–H groups in total. The molecular weight excluding hydrogens is 260 g/mol. The second-order valence-electron chi connectivity index (χ2n) is 5.47. The molecule has 1 amide bonds. The lowest BCUT2D eigenvalue weighted by molar-refractivity contribution is -0.137. The van der Waals surface area contributed by atoms with Gasteiger partial charge < -0.3 is 9.64 Å². The quantitative estimate of drug-likeness (QED) is 0.921. The molecule has 19 heavy (non-hydrogen) atoms. The summed E-state index contributed by atoms with van der Waals surface area (Å²) >= 11 is 1.76. The fraction of sp³-hybridized carbons (Fsp3) is 0.643. The molecule has 2 aliphatic rings. The predicted molar refractivity (Wildman–Crippen MR) is 75.1 cm³/mol. The van der Waals surface area contributed by atoms with Crippen LogP contribution in [0.4, 0.5) is 0 Å². The summed E-state index contributed by atoms with van der Waals surface area (Å²) in [5, 5.41) is 3.41. The maximum atomic E-state index is 12.4. The van der Waals surface area contributed by atoms with Gasteiger partial charge in [-0.2, -0.15) is 0 Å². The van der Waals surface area contributed by atoms with E-state index in [0.717, 1.165) is 12.8 Å². The van der Waals surface area contributed by atoms with Gasteiger partial charge in [0, 0.05) is 22.9 Å². The summed E-state index contributed by atoms with van der Waals surface area (Å²) in [5.74, 6) is 0.218. The first-order valence-electron chi connectivity index (χ1n) is 6.77. The minimum atomic E-state index is -0.0889. The van der Waals surface area contributed by atoms with Crippen molar-refractivity contribution < 1.29 is 9.53 Å². The predicted octanol–water partition coefficient (Wildman–Crippen LogP) is 2.05. The number of thiophene rings is 1. The topological polar surface area (TPSA) is 41.6 Å². The van der Waals surface area contributed by atoms with E-state index in [-0.39, 0.29) is 18.1 Å². The van der Waals surface area contributed by atoms with E-state index in [1.54, 1.807) is 18.4 Å². The van der Waals surface area contributed by atoms with Crippen LogP contribution in [0.1, 0.15) is 35.7 Å². The van der Waals surface area contributed by atoms with Gasteiger partial charge in [0.1, 0.15) is 6.17 Å². The van der Waals surface area contributed by atoms with Crippen LogP contribution in [0, 0.1) is 6.92 Å². The van der Waals surface area contributed by atoms with E-state index in [4.69, 9.17) is 4.74 Å².